The van der Waals surface area contributed by atoms with Gasteiger partial charge in [-0.25, -0.2) is 0 Å². The van der Waals surface area contributed by atoms with Gasteiger partial charge in [0, 0.05) is 56.6 Å². The van der Waals surface area contributed by atoms with E-state index >= 15 is 0 Å². The second-order valence-corrected chi connectivity index (χ2v) is 6.62. The molecule has 0 amide bonds. The molecular formula is C20H10O8. The summed E-state index contributed by atoms with van der Waals surface area (Å²) in [7, 11) is 0. The molecule has 5 aromatic carbocycles. The Morgan fingerprint density at radius 3 is 1.00 bits per heavy atom. The topological polar surface area (TPSA) is 156 Å². The van der Waals surface area contributed by atoms with Crippen molar-refractivity contribution in [2.75, 3.05) is 0 Å². The summed E-state index contributed by atoms with van der Waals surface area (Å²) in [6.45, 7) is 0. The Hall–Kier alpha value is -4.20. The van der Waals surface area contributed by atoms with Crippen LogP contribution in [0.4, 0.5) is 0 Å². The van der Waals surface area contributed by atoms with E-state index in [4.69, 9.17) is 0 Å². The first-order valence-corrected chi connectivity index (χ1v) is 8.06. The van der Waals surface area contributed by atoms with Crippen molar-refractivity contribution in [3.63, 3.8) is 0 Å². The van der Waals surface area contributed by atoms with E-state index in [0.29, 0.717) is 0 Å². The minimum atomic E-state index is -0.750. The van der Waals surface area contributed by atoms with E-state index in [1.165, 1.54) is 0 Å². The van der Waals surface area contributed by atoms with Crippen molar-refractivity contribution in [2.24, 2.45) is 0 Å². The van der Waals surface area contributed by atoms with Crippen LogP contribution in [-0.2, 0) is 0 Å². The number of phenols is 6. The van der Waals surface area contributed by atoms with Crippen molar-refractivity contribution in [1.82, 2.24) is 0 Å². The predicted octanol–water partition coefficient (Wildman–Crippen LogP) is 2.13. The van der Waals surface area contributed by atoms with Gasteiger partial charge in [0.05, 0.1) is 10.8 Å². The first-order valence-electron chi connectivity index (χ1n) is 8.06. The maximum atomic E-state index is 12.7. The number of phenolic OH excluding ortho intramolecular Hbond substituents is 6. The van der Waals surface area contributed by atoms with Crippen molar-refractivity contribution >= 4 is 43.1 Å². The third-order valence-corrected chi connectivity index (χ3v) is 5.11. The van der Waals surface area contributed by atoms with Gasteiger partial charge in [0.2, 0.25) is 0 Å². The monoisotopic (exact) mass is 378 g/mol. The molecular weight excluding hydrogens is 368 g/mol. The summed E-state index contributed by atoms with van der Waals surface area (Å²) in [6, 6.07) is 3.50. The van der Waals surface area contributed by atoms with Crippen molar-refractivity contribution in [3.8, 4) is 34.5 Å². The van der Waals surface area contributed by atoms with Gasteiger partial charge >= 0.3 is 0 Å². The standard InChI is InChI=1S/C20H10O8/c21-5-1-9(25)15-16-10(26)3-7(23)14-8(24)4-12(28)18(20(14)16)17-11(27)2-6(22)13(5)19(15)17/h1-4,21-25,28H. The van der Waals surface area contributed by atoms with Gasteiger partial charge in [-0.15, -0.1) is 0 Å². The highest BCUT2D eigenvalue weighted by Crippen LogP contribution is 2.51. The molecule has 138 valence electrons. The van der Waals surface area contributed by atoms with Crippen LogP contribution in [-0.4, -0.2) is 30.6 Å². The molecule has 8 nitrogen and oxygen atoms in total. The molecule has 5 rings (SSSR count). The largest absolute Gasteiger partial charge is 0.507 e. The molecule has 0 spiro atoms. The molecule has 0 saturated carbocycles. The molecule has 0 saturated heterocycles. The summed E-state index contributed by atoms with van der Waals surface area (Å²) in [4.78, 5) is 25.4. The molecule has 0 fully saturated rings. The fourth-order valence-electron chi connectivity index (χ4n) is 4.11. The summed E-state index contributed by atoms with van der Waals surface area (Å²) in [6.07, 6.45) is 0. The number of hydrogen-bond donors (Lipinski definition) is 6. The average molecular weight is 378 g/mol. The normalized spacial score (nSPS) is 12.0. The summed E-state index contributed by atoms with van der Waals surface area (Å²) in [5, 5.41) is 60.5. The molecule has 0 radical (unpaired) electrons. The maximum Gasteiger partial charge on any atom is 0.190 e. The zero-order valence-corrected chi connectivity index (χ0v) is 13.8. The van der Waals surface area contributed by atoms with Gasteiger partial charge in [-0.3, -0.25) is 9.59 Å². The number of hydrogen-bond acceptors (Lipinski definition) is 8. The van der Waals surface area contributed by atoms with Crippen molar-refractivity contribution in [3.05, 3.63) is 44.7 Å². The minimum absolute atomic E-state index is 0.111. The lowest BCUT2D eigenvalue weighted by atomic mass is 9.87. The molecule has 5 aromatic rings. The molecule has 8 heteroatoms. The van der Waals surface area contributed by atoms with E-state index in [1.807, 2.05) is 0 Å². The third-order valence-electron chi connectivity index (χ3n) is 5.11. The van der Waals surface area contributed by atoms with Crippen LogP contribution in [0.1, 0.15) is 0 Å². The van der Waals surface area contributed by atoms with Gasteiger partial charge in [0.25, 0.3) is 0 Å². The lowest BCUT2D eigenvalue weighted by Gasteiger charge is -2.17. The highest BCUT2D eigenvalue weighted by molar-refractivity contribution is 6.37. The van der Waals surface area contributed by atoms with Crippen LogP contribution in [0, 0.1) is 0 Å². The van der Waals surface area contributed by atoms with E-state index in [9.17, 15) is 40.2 Å². The van der Waals surface area contributed by atoms with Crippen LogP contribution in [0.5, 0.6) is 34.5 Å². The number of aromatic hydroxyl groups is 6. The number of fused-ring (bicyclic) bond motifs is 2. The van der Waals surface area contributed by atoms with Crippen LogP contribution >= 0.6 is 0 Å². The second kappa shape index (κ2) is 4.74. The quantitative estimate of drug-likeness (QED) is 0.177. The van der Waals surface area contributed by atoms with Crippen LogP contribution in [0.15, 0.2) is 33.9 Å². The SMILES string of the molecule is O=c1cc(O)c2c(O)cc(O)c3c4c(=O)cc(O)c5c(O)cc(O)c(c1c23)c54. The highest BCUT2D eigenvalue weighted by atomic mass is 16.3. The second-order valence-electron chi connectivity index (χ2n) is 6.62. The molecule has 6 N–H and O–H groups in total. The van der Waals surface area contributed by atoms with E-state index in [1.54, 1.807) is 0 Å². The number of rotatable bonds is 0. The van der Waals surface area contributed by atoms with Crippen molar-refractivity contribution < 1.29 is 30.6 Å². The molecule has 0 heterocycles. The maximum absolute atomic E-state index is 12.7. The molecule has 0 unspecified atom stereocenters. The van der Waals surface area contributed by atoms with Crippen LogP contribution in [0.3, 0.4) is 0 Å². The summed E-state index contributed by atoms with van der Waals surface area (Å²) in [5.41, 5.74) is -1.50. The Labute approximate surface area is 153 Å². The molecule has 0 atom stereocenters. The minimum Gasteiger partial charge on any atom is -0.507 e. The van der Waals surface area contributed by atoms with Gasteiger partial charge < -0.3 is 30.6 Å². The summed E-state index contributed by atoms with van der Waals surface area (Å²) < 4.78 is 0. The summed E-state index contributed by atoms with van der Waals surface area (Å²) >= 11 is 0. The zero-order chi connectivity index (χ0) is 20.1. The Kier molecular flexibility index (Phi) is 2.71. The average Bonchev–Trinajstić information content (AvgIpc) is 2.58. The predicted molar refractivity (Wildman–Crippen MR) is 101 cm³/mol. The first-order chi connectivity index (χ1) is 13.2. The lowest BCUT2D eigenvalue weighted by molar-refractivity contribution is 0.450. The summed E-state index contributed by atoms with van der Waals surface area (Å²) in [5.74, 6) is -3.28. The van der Waals surface area contributed by atoms with Gasteiger partial charge in [0.1, 0.15) is 34.5 Å². The fourth-order valence-corrected chi connectivity index (χ4v) is 4.11. The molecule has 0 bridgehead atoms. The Bertz CT molecular complexity index is 1480. The van der Waals surface area contributed by atoms with Crippen LogP contribution in [0.2, 0.25) is 0 Å². The Morgan fingerprint density at radius 2 is 0.643 bits per heavy atom. The smallest absolute Gasteiger partial charge is 0.190 e. The van der Waals surface area contributed by atoms with E-state index in [0.717, 1.165) is 24.3 Å². The highest BCUT2D eigenvalue weighted by Gasteiger charge is 2.27. The third kappa shape index (κ3) is 1.64. The molecule has 0 aliphatic heterocycles. The van der Waals surface area contributed by atoms with Gasteiger partial charge in [0.15, 0.2) is 10.9 Å². The van der Waals surface area contributed by atoms with Crippen molar-refractivity contribution in [2.45, 2.75) is 0 Å². The Morgan fingerprint density at radius 1 is 0.357 bits per heavy atom. The van der Waals surface area contributed by atoms with E-state index in [-0.39, 0.29) is 43.1 Å². The zero-order valence-electron chi connectivity index (χ0n) is 13.8. The van der Waals surface area contributed by atoms with Gasteiger partial charge in [-0.2, -0.15) is 0 Å². The fraction of sp³-hybridized carbons (Fsp3) is 0. The van der Waals surface area contributed by atoms with Gasteiger partial charge in [-0.05, 0) is 0 Å². The van der Waals surface area contributed by atoms with Crippen LogP contribution in [0.25, 0.3) is 43.1 Å². The molecule has 0 aliphatic rings. The van der Waals surface area contributed by atoms with Gasteiger partial charge in [-0.1, -0.05) is 0 Å². The Balaban J connectivity index is 2.42. The van der Waals surface area contributed by atoms with Crippen LogP contribution < -0.4 is 10.9 Å². The lowest BCUT2D eigenvalue weighted by Crippen LogP contribution is -2.07. The number of benzene rings is 5. The van der Waals surface area contributed by atoms with Crippen molar-refractivity contribution in [1.29, 1.82) is 0 Å². The van der Waals surface area contributed by atoms with E-state index in [2.05, 4.69) is 0 Å². The van der Waals surface area contributed by atoms with E-state index < -0.39 is 45.4 Å². The molecule has 0 aliphatic carbocycles. The first kappa shape index (κ1) is 16.0. The molecule has 28 heavy (non-hydrogen) atoms. The molecule has 0 aromatic heterocycles.